The Balaban J connectivity index is 1.86. The topological polar surface area (TPSA) is 47.2 Å². The van der Waals surface area contributed by atoms with Gasteiger partial charge in [0.2, 0.25) is 5.88 Å². The van der Waals surface area contributed by atoms with Crippen molar-refractivity contribution in [2.24, 2.45) is 0 Å². The van der Waals surface area contributed by atoms with E-state index in [1.54, 1.807) is 34.9 Å². The lowest BCUT2D eigenvalue weighted by molar-refractivity contribution is 0.428. The lowest BCUT2D eigenvalue weighted by Gasteiger charge is -2.11. The van der Waals surface area contributed by atoms with Crippen molar-refractivity contribution in [2.45, 2.75) is 31.2 Å². The van der Waals surface area contributed by atoms with Crippen LogP contribution in [0.5, 0.6) is 5.88 Å². The van der Waals surface area contributed by atoms with Gasteiger partial charge in [-0.3, -0.25) is 4.57 Å². The number of imidazole rings is 1. The summed E-state index contributed by atoms with van der Waals surface area (Å²) in [5.41, 5.74) is 1.06. The van der Waals surface area contributed by atoms with Crippen molar-refractivity contribution < 1.29 is 9.50 Å². The van der Waals surface area contributed by atoms with Crippen LogP contribution in [0.25, 0.3) is 16.5 Å². The minimum absolute atomic E-state index is 0.0129. The molecular formula is C18H15FN2O2. The third-order valence-corrected chi connectivity index (χ3v) is 5.34. The molecular weight excluding hydrogens is 295 g/mol. The van der Waals surface area contributed by atoms with Gasteiger partial charge in [0, 0.05) is 22.7 Å². The SMILES string of the molecule is O=c1n(-c2ccc(F)c3ccccc23)c(O)c2n1C1CCC2C1. The van der Waals surface area contributed by atoms with E-state index < -0.39 is 0 Å². The van der Waals surface area contributed by atoms with Gasteiger partial charge in [-0.05, 0) is 31.4 Å². The van der Waals surface area contributed by atoms with E-state index >= 15 is 0 Å². The van der Waals surface area contributed by atoms with Crippen LogP contribution < -0.4 is 5.69 Å². The molecule has 1 fully saturated rings. The number of halogens is 1. The van der Waals surface area contributed by atoms with Crippen LogP contribution in [-0.2, 0) is 0 Å². The minimum Gasteiger partial charge on any atom is -0.493 e. The standard InChI is InChI=1S/C18H15FN2O2/c19-14-7-8-15(13-4-2-1-3-12(13)14)21-17(22)16-10-5-6-11(9-10)20(16)18(21)23/h1-4,7-8,10-11,22H,5-6,9H2. The molecule has 5 heteroatoms. The molecule has 116 valence electrons. The van der Waals surface area contributed by atoms with E-state index in [0.29, 0.717) is 16.5 Å². The van der Waals surface area contributed by atoms with Gasteiger partial charge < -0.3 is 5.11 Å². The minimum atomic E-state index is -0.330. The molecule has 1 aliphatic heterocycles. The van der Waals surface area contributed by atoms with Gasteiger partial charge in [-0.25, -0.2) is 13.8 Å². The van der Waals surface area contributed by atoms with Gasteiger partial charge in [-0.15, -0.1) is 0 Å². The molecule has 0 radical (unpaired) electrons. The van der Waals surface area contributed by atoms with Crippen LogP contribution in [0, 0.1) is 5.82 Å². The number of aromatic nitrogens is 2. The maximum absolute atomic E-state index is 14.0. The molecule has 3 aromatic rings. The molecule has 4 nitrogen and oxygen atoms in total. The molecule has 2 bridgehead atoms. The first-order valence-corrected chi connectivity index (χ1v) is 7.90. The zero-order valence-corrected chi connectivity index (χ0v) is 12.4. The molecule has 2 heterocycles. The first-order valence-electron chi connectivity index (χ1n) is 7.90. The van der Waals surface area contributed by atoms with Crippen molar-refractivity contribution in [2.75, 3.05) is 0 Å². The van der Waals surface area contributed by atoms with Crippen LogP contribution in [0.4, 0.5) is 4.39 Å². The highest BCUT2D eigenvalue weighted by Gasteiger charge is 2.42. The van der Waals surface area contributed by atoms with Gasteiger partial charge in [-0.1, -0.05) is 24.3 Å². The van der Waals surface area contributed by atoms with Gasteiger partial charge in [0.15, 0.2) is 0 Å². The Morgan fingerprint density at radius 2 is 1.87 bits per heavy atom. The highest BCUT2D eigenvalue weighted by Crippen LogP contribution is 2.51. The molecule has 2 aromatic carbocycles. The van der Waals surface area contributed by atoms with E-state index in [-0.39, 0.29) is 29.3 Å². The van der Waals surface area contributed by atoms with Crippen LogP contribution in [0.3, 0.4) is 0 Å². The molecule has 1 N–H and O–H groups in total. The Kier molecular flexibility index (Phi) is 2.39. The second-order valence-corrected chi connectivity index (χ2v) is 6.47. The second kappa shape index (κ2) is 4.25. The van der Waals surface area contributed by atoms with Gasteiger partial charge in [0.05, 0.1) is 11.4 Å². The molecule has 2 aliphatic rings. The van der Waals surface area contributed by atoms with Crippen LogP contribution in [-0.4, -0.2) is 14.2 Å². The average molecular weight is 310 g/mol. The first-order chi connectivity index (χ1) is 11.2. The predicted octanol–water partition coefficient (Wildman–Crippen LogP) is 3.46. The highest BCUT2D eigenvalue weighted by atomic mass is 19.1. The number of hydrogen-bond donors (Lipinski definition) is 1. The smallest absolute Gasteiger partial charge is 0.336 e. The number of hydrogen-bond acceptors (Lipinski definition) is 2. The molecule has 0 saturated heterocycles. The Morgan fingerprint density at radius 3 is 2.65 bits per heavy atom. The first kappa shape index (κ1) is 12.9. The van der Waals surface area contributed by atoms with E-state index in [1.807, 2.05) is 0 Å². The van der Waals surface area contributed by atoms with Crippen molar-refractivity contribution in [3.63, 3.8) is 0 Å². The molecule has 2 atom stereocenters. The number of rotatable bonds is 1. The van der Waals surface area contributed by atoms with Crippen molar-refractivity contribution in [3.05, 3.63) is 58.4 Å². The molecule has 23 heavy (non-hydrogen) atoms. The second-order valence-electron chi connectivity index (χ2n) is 6.47. The normalized spacial score (nSPS) is 22.0. The Labute approximate surface area is 131 Å². The van der Waals surface area contributed by atoms with Crippen LogP contribution in [0.1, 0.15) is 36.9 Å². The third-order valence-electron chi connectivity index (χ3n) is 5.34. The Hall–Kier alpha value is -2.56. The molecule has 5 rings (SSSR count). The zero-order valence-electron chi connectivity index (χ0n) is 12.4. The van der Waals surface area contributed by atoms with Gasteiger partial charge in [0.25, 0.3) is 0 Å². The average Bonchev–Trinajstić information content (AvgIpc) is 3.24. The van der Waals surface area contributed by atoms with Gasteiger partial charge in [0.1, 0.15) is 5.82 Å². The number of fused-ring (bicyclic) bond motifs is 6. The lowest BCUT2D eigenvalue weighted by Crippen LogP contribution is -2.25. The summed E-state index contributed by atoms with van der Waals surface area (Å²) in [6.45, 7) is 0. The van der Waals surface area contributed by atoms with Crippen LogP contribution in [0.2, 0.25) is 0 Å². The largest absolute Gasteiger partial charge is 0.493 e. The maximum Gasteiger partial charge on any atom is 0.336 e. The lowest BCUT2D eigenvalue weighted by atomic mass is 10.1. The van der Waals surface area contributed by atoms with Crippen molar-refractivity contribution in [1.82, 2.24) is 9.13 Å². The van der Waals surface area contributed by atoms with E-state index in [2.05, 4.69) is 0 Å². The summed E-state index contributed by atoms with van der Waals surface area (Å²) in [5.74, 6) is -0.0525. The van der Waals surface area contributed by atoms with E-state index in [9.17, 15) is 14.3 Å². The summed E-state index contributed by atoms with van der Waals surface area (Å²) in [6.07, 6.45) is 2.96. The summed E-state index contributed by atoms with van der Waals surface area (Å²) in [5, 5.41) is 11.8. The van der Waals surface area contributed by atoms with Crippen LogP contribution >= 0.6 is 0 Å². The fourth-order valence-electron chi connectivity index (χ4n) is 4.35. The molecule has 1 aromatic heterocycles. The third kappa shape index (κ3) is 1.52. The molecule has 2 unspecified atom stereocenters. The van der Waals surface area contributed by atoms with Crippen molar-refractivity contribution in [3.8, 4) is 11.6 Å². The van der Waals surface area contributed by atoms with E-state index in [1.165, 1.54) is 10.6 Å². The van der Waals surface area contributed by atoms with Crippen LogP contribution in [0.15, 0.2) is 41.2 Å². The fraction of sp³-hybridized carbons (Fsp3) is 0.278. The van der Waals surface area contributed by atoms with E-state index in [4.69, 9.17) is 0 Å². The number of benzene rings is 2. The fourth-order valence-corrected chi connectivity index (χ4v) is 4.35. The molecule has 0 amide bonds. The summed E-state index contributed by atoms with van der Waals surface area (Å²) in [7, 11) is 0. The summed E-state index contributed by atoms with van der Waals surface area (Å²) in [6, 6.07) is 10.1. The molecule has 0 spiro atoms. The summed E-state index contributed by atoms with van der Waals surface area (Å²) >= 11 is 0. The monoisotopic (exact) mass is 310 g/mol. The van der Waals surface area contributed by atoms with Gasteiger partial charge in [-0.2, -0.15) is 0 Å². The zero-order chi connectivity index (χ0) is 15.7. The van der Waals surface area contributed by atoms with Crippen molar-refractivity contribution in [1.29, 1.82) is 0 Å². The number of nitrogens with zero attached hydrogens (tertiary/aromatic N) is 2. The quantitative estimate of drug-likeness (QED) is 0.748. The number of aromatic hydroxyl groups is 1. The Bertz CT molecular complexity index is 1020. The Morgan fingerprint density at radius 1 is 1.09 bits per heavy atom. The molecule has 1 aliphatic carbocycles. The predicted molar refractivity (Wildman–Crippen MR) is 84.8 cm³/mol. The summed E-state index contributed by atoms with van der Waals surface area (Å²) < 4.78 is 17.1. The van der Waals surface area contributed by atoms with Crippen molar-refractivity contribution >= 4 is 10.8 Å². The highest BCUT2D eigenvalue weighted by molar-refractivity contribution is 5.90. The summed E-state index contributed by atoms with van der Waals surface area (Å²) in [4.78, 5) is 12.9. The van der Waals surface area contributed by atoms with E-state index in [0.717, 1.165) is 25.0 Å². The van der Waals surface area contributed by atoms with Gasteiger partial charge >= 0.3 is 5.69 Å². The maximum atomic E-state index is 14.0. The molecule has 1 saturated carbocycles.